The molecule has 0 amide bonds. The first-order valence-electron chi connectivity index (χ1n) is 18.0. The lowest BCUT2D eigenvalue weighted by Gasteiger charge is -2.27. The highest BCUT2D eigenvalue weighted by molar-refractivity contribution is 7.95. The summed E-state index contributed by atoms with van der Waals surface area (Å²) in [6.07, 6.45) is 16.4. The molecule has 5 aromatic rings. The third-order valence-corrected chi connectivity index (χ3v) is 13.9. The van der Waals surface area contributed by atoms with E-state index in [2.05, 4.69) is 110 Å². The fourth-order valence-corrected chi connectivity index (χ4v) is 11.3. The molecule has 49 heavy (non-hydrogen) atoms. The van der Waals surface area contributed by atoms with E-state index in [1.165, 1.54) is 67.0 Å². The van der Waals surface area contributed by atoms with Crippen LogP contribution in [0.2, 0.25) is 0 Å². The van der Waals surface area contributed by atoms with Crippen LogP contribution in [0, 0.1) is 0 Å². The molecule has 0 saturated heterocycles. The molecule has 0 unspecified atom stereocenters. The van der Waals surface area contributed by atoms with E-state index < -0.39 is 7.26 Å². The number of hydrogen-bond acceptors (Lipinski definition) is 2. The van der Waals surface area contributed by atoms with Crippen molar-refractivity contribution in [3.05, 3.63) is 164 Å². The Morgan fingerprint density at radius 2 is 1.08 bits per heavy atom. The Balaban J connectivity index is 1.07. The van der Waals surface area contributed by atoms with Crippen molar-refractivity contribution in [3.8, 4) is 22.6 Å². The standard InChI is InChI=1S/C46H51O2P/c1-3-22-38-30-32-45(47)44(36-38)39-31-33-46(40(37-39)23-4-2)48-34-20-9-7-5-6-8-10-21-35-49(41-24-14-11-15-25-41,42-26-16-12-17-27-42)43-28-18-13-19-29-43/h3-4,11-19,24-33,36-37H,1-2,5-10,20-23,34-35H2/p+1. The highest BCUT2D eigenvalue weighted by Crippen LogP contribution is 2.56. The Bertz CT molecular complexity index is 1630. The molecule has 0 radical (unpaired) electrons. The maximum Gasteiger partial charge on any atom is 0.123 e. The highest BCUT2D eigenvalue weighted by Gasteiger charge is 2.44. The molecule has 0 aromatic heterocycles. The van der Waals surface area contributed by atoms with Crippen LogP contribution in [0.1, 0.15) is 62.5 Å². The van der Waals surface area contributed by atoms with Crippen molar-refractivity contribution in [3.63, 3.8) is 0 Å². The van der Waals surface area contributed by atoms with Crippen LogP contribution in [0.5, 0.6) is 11.5 Å². The molecule has 0 saturated carbocycles. The van der Waals surface area contributed by atoms with Gasteiger partial charge in [0.25, 0.3) is 0 Å². The van der Waals surface area contributed by atoms with Gasteiger partial charge in [0.05, 0.1) is 12.8 Å². The van der Waals surface area contributed by atoms with E-state index in [1.807, 2.05) is 36.4 Å². The zero-order valence-corrected chi connectivity index (χ0v) is 29.9. The van der Waals surface area contributed by atoms with E-state index in [9.17, 15) is 5.11 Å². The van der Waals surface area contributed by atoms with Crippen LogP contribution in [0.25, 0.3) is 11.1 Å². The summed E-state index contributed by atoms with van der Waals surface area (Å²) in [7, 11) is -1.72. The Morgan fingerprint density at radius 3 is 1.63 bits per heavy atom. The van der Waals surface area contributed by atoms with Crippen LogP contribution >= 0.6 is 7.26 Å². The summed E-state index contributed by atoms with van der Waals surface area (Å²) >= 11 is 0. The summed E-state index contributed by atoms with van der Waals surface area (Å²) < 4.78 is 6.25. The van der Waals surface area contributed by atoms with Crippen LogP contribution in [0.3, 0.4) is 0 Å². The lowest BCUT2D eigenvalue weighted by molar-refractivity contribution is 0.302. The van der Waals surface area contributed by atoms with Gasteiger partial charge in [-0.25, -0.2) is 0 Å². The van der Waals surface area contributed by atoms with Gasteiger partial charge in [-0.15, -0.1) is 13.2 Å². The lowest BCUT2D eigenvalue weighted by Crippen LogP contribution is -2.33. The summed E-state index contributed by atoms with van der Waals surface area (Å²) in [6.45, 7) is 8.51. The number of allylic oxidation sites excluding steroid dienone is 2. The molecule has 2 nitrogen and oxygen atoms in total. The monoisotopic (exact) mass is 667 g/mol. The topological polar surface area (TPSA) is 29.5 Å². The average Bonchev–Trinajstić information content (AvgIpc) is 3.15. The van der Waals surface area contributed by atoms with Gasteiger partial charge >= 0.3 is 0 Å². The van der Waals surface area contributed by atoms with Gasteiger partial charge in [-0.2, -0.15) is 0 Å². The Hall–Kier alpha value is -4.39. The van der Waals surface area contributed by atoms with Crippen LogP contribution in [0.15, 0.2) is 153 Å². The zero-order chi connectivity index (χ0) is 34.2. The van der Waals surface area contributed by atoms with E-state index in [4.69, 9.17) is 4.74 Å². The van der Waals surface area contributed by atoms with Crippen LogP contribution < -0.4 is 20.7 Å². The van der Waals surface area contributed by atoms with Gasteiger partial charge < -0.3 is 9.84 Å². The predicted molar refractivity (Wildman–Crippen MR) is 214 cm³/mol. The molecule has 0 spiro atoms. The van der Waals surface area contributed by atoms with Crippen molar-refractivity contribution in [2.45, 2.75) is 64.2 Å². The number of phenols is 1. The summed E-state index contributed by atoms with van der Waals surface area (Å²) in [4.78, 5) is 0. The number of phenolic OH excluding ortho intramolecular Hbond substituents is 1. The second-order valence-electron chi connectivity index (χ2n) is 12.9. The van der Waals surface area contributed by atoms with E-state index in [0.29, 0.717) is 6.61 Å². The summed E-state index contributed by atoms with van der Waals surface area (Å²) in [5, 5.41) is 15.0. The Kier molecular flexibility index (Phi) is 13.9. The molecule has 5 aromatic carbocycles. The summed E-state index contributed by atoms with van der Waals surface area (Å²) in [5.41, 5.74) is 4.05. The van der Waals surface area contributed by atoms with Gasteiger partial charge in [-0.1, -0.05) is 111 Å². The van der Waals surface area contributed by atoms with E-state index >= 15 is 0 Å². The fraction of sp³-hybridized carbons (Fsp3) is 0.261. The second-order valence-corrected chi connectivity index (χ2v) is 16.5. The van der Waals surface area contributed by atoms with Gasteiger partial charge in [0.1, 0.15) is 34.7 Å². The van der Waals surface area contributed by atoms with Gasteiger partial charge in [-0.3, -0.25) is 0 Å². The molecule has 3 heteroatoms. The normalized spacial score (nSPS) is 11.3. The SMILES string of the molecule is C=CCc1ccc(O)c(-c2ccc(OCCCCCCCCCC[P+](c3ccccc3)(c3ccccc3)c3ccccc3)c(CC=C)c2)c1. The number of benzene rings is 5. The maximum atomic E-state index is 10.5. The quantitative estimate of drug-likeness (QED) is 0.0508. The Morgan fingerprint density at radius 1 is 0.551 bits per heavy atom. The zero-order valence-electron chi connectivity index (χ0n) is 29.0. The molecule has 0 atom stereocenters. The fourth-order valence-electron chi connectivity index (χ4n) is 6.89. The molecule has 252 valence electrons. The molecule has 0 aliphatic carbocycles. The molecular weight excluding hydrogens is 615 g/mol. The Labute approximate surface area is 295 Å². The number of unbranched alkanes of at least 4 members (excludes halogenated alkanes) is 7. The molecule has 0 bridgehead atoms. The highest BCUT2D eigenvalue weighted by atomic mass is 31.2. The van der Waals surface area contributed by atoms with Crippen LogP contribution in [-0.2, 0) is 12.8 Å². The molecule has 0 fully saturated rings. The van der Waals surface area contributed by atoms with E-state index in [1.54, 1.807) is 6.07 Å². The molecule has 5 rings (SSSR count). The predicted octanol–water partition coefficient (Wildman–Crippen LogP) is 11.0. The minimum atomic E-state index is -1.72. The number of aromatic hydroxyl groups is 1. The average molecular weight is 668 g/mol. The maximum absolute atomic E-state index is 10.5. The van der Waals surface area contributed by atoms with Crippen molar-refractivity contribution in [1.29, 1.82) is 0 Å². The summed E-state index contributed by atoms with van der Waals surface area (Å²) in [5.74, 6) is 1.19. The van der Waals surface area contributed by atoms with Crippen molar-refractivity contribution in [2.24, 2.45) is 0 Å². The first kappa shape index (κ1) is 35.9. The van der Waals surface area contributed by atoms with E-state index in [-0.39, 0.29) is 5.75 Å². The van der Waals surface area contributed by atoms with Crippen LogP contribution in [0.4, 0.5) is 0 Å². The molecule has 0 heterocycles. The van der Waals surface area contributed by atoms with Crippen molar-refractivity contribution in [2.75, 3.05) is 12.8 Å². The van der Waals surface area contributed by atoms with Gasteiger partial charge in [0.15, 0.2) is 0 Å². The molecule has 1 N–H and O–H groups in total. The third kappa shape index (κ3) is 9.62. The minimum Gasteiger partial charge on any atom is -0.507 e. The third-order valence-electron chi connectivity index (χ3n) is 9.41. The smallest absolute Gasteiger partial charge is 0.123 e. The van der Waals surface area contributed by atoms with Crippen LogP contribution in [-0.4, -0.2) is 17.9 Å². The number of ether oxygens (including phenoxy) is 1. The lowest BCUT2D eigenvalue weighted by atomic mass is 9.97. The molecule has 0 aliphatic rings. The number of hydrogen-bond donors (Lipinski definition) is 1. The minimum absolute atomic E-state index is 0.284. The van der Waals surface area contributed by atoms with Gasteiger partial charge in [0.2, 0.25) is 0 Å². The van der Waals surface area contributed by atoms with Gasteiger partial charge in [-0.05, 0) is 109 Å². The first-order chi connectivity index (χ1) is 24.2. The first-order valence-corrected chi connectivity index (χ1v) is 20.0. The largest absolute Gasteiger partial charge is 0.507 e. The van der Waals surface area contributed by atoms with E-state index in [0.717, 1.165) is 47.3 Å². The van der Waals surface area contributed by atoms with Crippen molar-refractivity contribution >= 4 is 23.2 Å². The second kappa shape index (κ2) is 19.0. The summed E-state index contributed by atoms with van der Waals surface area (Å²) in [6, 6.07) is 45.7. The molecular formula is C46H52O2P+. The van der Waals surface area contributed by atoms with Crippen molar-refractivity contribution < 1.29 is 9.84 Å². The van der Waals surface area contributed by atoms with Gasteiger partial charge in [0, 0.05) is 5.56 Å². The number of rotatable bonds is 20. The van der Waals surface area contributed by atoms with Crippen molar-refractivity contribution in [1.82, 2.24) is 0 Å². The molecule has 0 aliphatic heterocycles.